The summed E-state index contributed by atoms with van der Waals surface area (Å²) in [4.78, 5) is 38.3. The van der Waals surface area contributed by atoms with Crippen molar-refractivity contribution in [2.45, 2.75) is 39.0 Å². The fraction of sp³-hybridized carbons (Fsp3) is 0.212. The molecule has 0 spiro atoms. The lowest BCUT2D eigenvalue weighted by Crippen LogP contribution is -2.38. The Morgan fingerprint density at radius 3 is 2.42 bits per heavy atom. The van der Waals surface area contributed by atoms with E-state index >= 15 is 0 Å². The van der Waals surface area contributed by atoms with Gasteiger partial charge in [-0.15, -0.1) is 0 Å². The number of nitrogens with zero attached hydrogens (tertiary/aromatic N) is 4. The second-order valence-electron chi connectivity index (χ2n) is 9.99. The third kappa shape index (κ3) is 6.58. The lowest BCUT2D eigenvalue weighted by molar-refractivity contribution is -0.138. The zero-order valence-corrected chi connectivity index (χ0v) is 23.6. The molecule has 5 rings (SSSR count). The first-order valence-corrected chi connectivity index (χ1v) is 13.7. The zero-order chi connectivity index (χ0) is 30.6. The molecular weight excluding hydrogens is 557 g/mol. The van der Waals surface area contributed by atoms with E-state index in [-0.39, 0.29) is 24.1 Å². The molecule has 0 unspecified atom stereocenters. The quantitative estimate of drug-likeness (QED) is 0.196. The number of pyridine rings is 1. The molecule has 2 aromatic heterocycles. The Morgan fingerprint density at radius 2 is 1.72 bits per heavy atom. The molecule has 7 nitrogen and oxygen atoms in total. The Morgan fingerprint density at radius 1 is 0.977 bits per heavy atom. The Labute approximate surface area is 246 Å². The Hall–Kier alpha value is -4.99. The molecule has 0 aliphatic heterocycles. The van der Waals surface area contributed by atoms with Crippen molar-refractivity contribution in [2.24, 2.45) is 0 Å². The van der Waals surface area contributed by atoms with Crippen LogP contribution in [0.4, 0.5) is 13.2 Å². The Bertz CT molecular complexity index is 1790. The molecule has 43 heavy (non-hydrogen) atoms. The fourth-order valence-electron chi connectivity index (χ4n) is 4.94. The molecular formula is C33H29F3N4O3. The summed E-state index contributed by atoms with van der Waals surface area (Å²) < 4.78 is 47.2. The van der Waals surface area contributed by atoms with Crippen molar-refractivity contribution in [1.82, 2.24) is 19.4 Å². The van der Waals surface area contributed by atoms with Crippen LogP contribution in [-0.4, -0.2) is 31.9 Å². The van der Waals surface area contributed by atoms with E-state index in [2.05, 4.69) is 4.98 Å². The van der Waals surface area contributed by atoms with Crippen LogP contribution in [-0.2, 0) is 23.9 Å². The molecule has 3 aromatic carbocycles. The summed E-state index contributed by atoms with van der Waals surface area (Å²) in [6.45, 7) is 4.20. The van der Waals surface area contributed by atoms with Crippen LogP contribution in [0.3, 0.4) is 0 Å². The van der Waals surface area contributed by atoms with E-state index in [9.17, 15) is 22.8 Å². The molecule has 10 heteroatoms. The van der Waals surface area contributed by atoms with Crippen LogP contribution in [0.25, 0.3) is 16.6 Å². The van der Waals surface area contributed by atoms with E-state index in [1.54, 1.807) is 80.0 Å². The summed E-state index contributed by atoms with van der Waals surface area (Å²) in [5.41, 5.74) is 0.776. The van der Waals surface area contributed by atoms with Gasteiger partial charge in [-0.3, -0.25) is 19.1 Å². The highest BCUT2D eigenvalue weighted by Gasteiger charge is 2.31. The lowest BCUT2D eigenvalue weighted by Gasteiger charge is -2.31. The Balaban J connectivity index is 1.61. The topological polar surface area (TPSA) is 77.3 Å². The predicted molar refractivity (Wildman–Crippen MR) is 157 cm³/mol. The molecule has 5 aromatic rings. The van der Waals surface area contributed by atoms with Crippen LogP contribution >= 0.6 is 0 Å². The number of benzene rings is 3. The van der Waals surface area contributed by atoms with Crippen LogP contribution in [0.15, 0.2) is 102 Å². The Kier molecular flexibility index (Phi) is 8.56. The van der Waals surface area contributed by atoms with Gasteiger partial charge in [-0.2, -0.15) is 13.2 Å². The summed E-state index contributed by atoms with van der Waals surface area (Å²) in [5, 5.41) is 0.404. The van der Waals surface area contributed by atoms with Gasteiger partial charge in [-0.1, -0.05) is 36.4 Å². The first kappa shape index (κ1) is 29.5. The second kappa shape index (κ2) is 12.5. The van der Waals surface area contributed by atoms with E-state index in [4.69, 9.17) is 9.72 Å². The summed E-state index contributed by atoms with van der Waals surface area (Å²) in [6.07, 6.45) is -1.60. The SMILES string of the molecule is CCOc1ccc(-n2c([C@@H](C)N(Cc3cccnc3)C(=O)Cc3cccc(C(F)(F)F)c3)nc3ccccc3c2=O)cc1. The van der Waals surface area contributed by atoms with Gasteiger partial charge >= 0.3 is 6.18 Å². The molecule has 0 radical (unpaired) electrons. The number of fused-ring (bicyclic) bond motifs is 1. The van der Waals surface area contributed by atoms with Crippen molar-refractivity contribution in [3.63, 3.8) is 0 Å². The number of aromatic nitrogens is 3. The molecule has 220 valence electrons. The molecule has 0 N–H and O–H groups in total. The maximum Gasteiger partial charge on any atom is 0.416 e. The summed E-state index contributed by atoms with van der Waals surface area (Å²) in [5.74, 6) is 0.502. The molecule has 0 bridgehead atoms. The van der Waals surface area contributed by atoms with Gasteiger partial charge in [-0.05, 0) is 73.5 Å². The molecule has 0 saturated heterocycles. The van der Waals surface area contributed by atoms with Gasteiger partial charge in [0.1, 0.15) is 11.6 Å². The van der Waals surface area contributed by atoms with Gasteiger partial charge < -0.3 is 9.64 Å². The van der Waals surface area contributed by atoms with Gasteiger partial charge in [-0.25, -0.2) is 4.98 Å². The lowest BCUT2D eigenvalue weighted by atomic mass is 10.1. The zero-order valence-electron chi connectivity index (χ0n) is 23.6. The van der Waals surface area contributed by atoms with Crippen molar-refractivity contribution in [3.8, 4) is 11.4 Å². The van der Waals surface area contributed by atoms with Crippen molar-refractivity contribution in [2.75, 3.05) is 6.61 Å². The minimum absolute atomic E-state index is 0.0960. The molecule has 2 heterocycles. The monoisotopic (exact) mass is 586 g/mol. The van der Waals surface area contributed by atoms with Gasteiger partial charge in [0.05, 0.1) is 41.2 Å². The predicted octanol–water partition coefficient (Wildman–Crippen LogP) is 6.53. The number of rotatable bonds is 9. The minimum atomic E-state index is -4.54. The maximum absolute atomic E-state index is 13.9. The highest BCUT2D eigenvalue weighted by molar-refractivity contribution is 5.80. The van der Waals surface area contributed by atoms with Crippen molar-refractivity contribution < 1.29 is 22.7 Å². The average Bonchev–Trinajstić information content (AvgIpc) is 3.00. The highest BCUT2D eigenvalue weighted by Crippen LogP contribution is 2.30. The third-order valence-corrected chi connectivity index (χ3v) is 7.05. The van der Waals surface area contributed by atoms with E-state index < -0.39 is 23.7 Å². The molecule has 0 aliphatic carbocycles. The van der Waals surface area contributed by atoms with Crippen molar-refractivity contribution in [1.29, 1.82) is 0 Å². The average molecular weight is 587 g/mol. The van der Waals surface area contributed by atoms with Crippen LogP contribution in [0.1, 0.15) is 42.4 Å². The van der Waals surface area contributed by atoms with E-state index in [1.165, 1.54) is 21.6 Å². The normalized spacial score (nSPS) is 12.2. The van der Waals surface area contributed by atoms with E-state index in [0.717, 1.165) is 12.1 Å². The summed E-state index contributed by atoms with van der Waals surface area (Å²) >= 11 is 0. The number of halogens is 3. The molecule has 1 amide bonds. The fourth-order valence-corrected chi connectivity index (χ4v) is 4.94. The molecule has 0 fully saturated rings. The number of hydrogen-bond acceptors (Lipinski definition) is 5. The van der Waals surface area contributed by atoms with Crippen LogP contribution in [0, 0.1) is 0 Å². The number of ether oxygens (including phenoxy) is 1. The molecule has 1 atom stereocenters. The second-order valence-corrected chi connectivity index (χ2v) is 9.99. The van der Waals surface area contributed by atoms with Gasteiger partial charge in [0, 0.05) is 18.9 Å². The number of hydrogen-bond donors (Lipinski definition) is 0. The van der Waals surface area contributed by atoms with Crippen molar-refractivity contribution >= 4 is 16.8 Å². The van der Waals surface area contributed by atoms with Crippen LogP contribution in [0.2, 0.25) is 0 Å². The molecule has 0 saturated carbocycles. The standard InChI is InChI=1S/C33H29F3N4O3/c1-3-43-27-15-13-26(14-16-27)40-31(38-29-12-5-4-11-28(29)32(40)42)22(2)39(21-24-9-7-17-37-20-24)30(41)19-23-8-6-10-25(18-23)33(34,35)36/h4-18,20,22H,3,19,21H2,1-2H3/t22-/m1/s1. The van der Waals surface area contributed by atoms with E-state index in [1.807, 2.05) is 6.92 Å². The van der Waals surface area contributed by atoms with E-state index in [0.29, 0.717) is 40.3 Å². The summed E-state index contributed by atoms with van der Waals surface area (Å²) in [7, 11) is 0. The largest absolute Gasteiger partial charge is 0.494 e. The number of carbonyl (C=O) groups excluding carboxylic acids is 1. The minimum Gasteiger partial charge on any atom is -0.494 e. The molecule has 0 aliphatic rings. The van der Waals surface area contributed by atoms with Gasteiger partial charge in [0.2, 0.25) is 5.91 Å². The first-order valence-electron chi connectivity index (χ1n) is 13.7. The van der Waals surface area contributed by atoms with Gasteiger partial charge in [0.15, 0.2) is 0 Å². The summed E-state index contributed by atoms with van der Waals surface area (Å²) in [6, 6.07) is 21.4. The third-order valence-electron chi connectivity index (χ3n) is 7.05. The van der Waals surface area contributed by atoms with Crippen LogP contribution in [0.5, 0.6) is 5.75 Å². The van der Waals surface area contributed by atoms with Gasteiger partial charge in [0.25, 0.3) is 5.56 Å². The number of alkyl halides is 3. The smallest absolute Gasteiger partial charge is 0.416 e. The number of carbonyl (C=O) groups is 1. The van der Waals surface area contributed by atoms with Crippen molar-refractivity contribution in [3.05, 3.63) is 130 Å². The van der Waals surface area contributed by atoms with Crippen LogP contribution < -0.4 is 10.3 Å². The highest BCUT2D eigenvalue weighted by atomic mass is 19.4. The first-order chi connectivity index (χ1) is 20.7. The number of amides is 1. The maximum atomic E-state index is 13.9. The number of para-hydroxylation sites is 1.